The van der Waals surface area contributed by atoms with Gasteiger partial charge in [-0.25, -0.2) is 9.59 Å². The van der Waals surface area contributed by atoms with Crippen LogP contribution in [-0.2, 0) is 0 Å². The smallest absolute Gasteiger partial charge is 0.450 e. The monoisotopic (exact) mass is 332 g/mol. The lowest BCUT2D eigenvalue weighted by molar-refractivity contribution is 0.135. The summed E-state index contributed by atoms with van der Waals surface area (Å²) in [5.41, 5.74) is 3.00. The van der Waals surface area contributed by atoms with Crippen LogP contribution in [0.2, 0.25) is 0 Å². The van der Waals surface area contributed by atoms with Gasteiger partial charge in [-0.05, 0) is 35.8 Å². The largest absolute Gasteiger partial charge is 0.503 e. The molecular weight excluding hydrogens is 312 g/mol. The van der Waals surface area contributed by atoms with Crippen molar-refractivity contribution in [2.24, 2.45) is 0 Å². The van der Waals surface area contributed by atoms with Crippen molar-refractivity contribution in [3.8, 4) is 0 Å². The van der Waals surface area contributed by atoms with Crippen LogP contribution in [0.15, 0.2) is 60.7 Å². The molecule has 2 aromatic rings. The summed E-state index contributed by atoms with van der Waals surface area (Å²) >= 11 is 0. The Labute approximate surface area is 139 Å². The molecule has 1 aliphatic carbocycles. The van der Waals surface area contributed by atoms with Crippen LogP contribution in [0.3, 0.4) is 0 Å². The van der Waals surface area contributed by atoms with Gasteiger partial charge in [-0.3, -0.25) is 0 Å². The molecule has 2 unspecified atom stereocenters. The zero-order chi connectivity index (χ0) is 17.9. The van der Waals surface area contributed by atoms with Crippen molar-refractivity contribution in [2.45, 2.75) is 24.7 Å². The maximum atomic E-state index is 8.56. The van der Waals surface area contributed by atoms with Crippen LogP contribution < -0.4 is 0 Å². The standard InChI is InChI=1S/C16H16.2CH2O3/c1-3-7-13(8-4-1)15-11-12-16(15)14-9-5-2-6-10-14;2*2-1(3)4/h1-10,15-16H,11-12H2;2*(H2,2,3,4). The van der Waals surface area contributed by atoms with Gasteiger partial charge in [0, 0.05) is 0 Å². The third-order valence-corrected chi connectivity index (χ3v) is 3.73. The first kappa shape index (κ1) is 19.0. The number of hydrogen-bond donors (Lipinski definition) is 4. The first-order valence-corrected chi connectivity index (χ1v) is 7.35. The molecule has 6 nitrogen and oxygen atoms in total. The fraction of sp³-hybridized carbons (Fsp3) is 0.222. The van der Waals surface area contributed by atoms with Crippen molar-refractivity contribution >= 4 is 12.3 Å². The summed E-state index contributed by atoms with van der Waals surface area (Å²) < 4.78 is 0. The van der Waals surface area contributed by atoms with Gasteiger partial charge in [0.25, 0.3) is 0 Å². The van der Waals surface area contributed by atoms with Crippen LogP contribution in [-0.4, -0.2) is 32.7 Å². The lowest BCUT2D eigenvalue weighted by atomic mass is 9.67. The van der Waals surface area contributed by atoms with Crippen LogP contribution in [0.1, 0.15) is 35.8 Å². The van der Waals surface area contributed by atoms with Gasteiger partial charge in [0.2, 0.25) is 0 Å². The quantitative estimate of drug-likeness (QED) is 0.628. The van der Waals surface area contributed by atoms with E-state index in [1.807, 2.05) is 0 Å². The fourth-order valence-electron chi connectivity index (χ4n) is 2.70. The minimum absolute atomic E-state index is 0.739. The Morgan fingerprint density at radius 1 is 0.625 bits per heavy atom. The molecule has 2 atom stereocenters. The van der Waals surface area contributed by atoms with Crippen molar-refractivity contribution in [1.29, 1.82) is 0 Å². The summed E-state index contributed by atoms with van der Waals surface area (Å²) in [7, 11) is 0. The van der Waals surface area contributed by atoms with Crippen molar-refractivity contribution in [1.82, 2.24) is 0 Å². The molecule has 0 amide bonds. The third kappa shape index (κ3) is 6.83. The van der Waals surface area contributed by atoms with E-state index >= 15 is 0 Å². The number of benzene rings is 2. The molecule has 4 N–H and O–H groups in total. The van der Waals surface area contributed by atoms with E-state index in [0.29, 0.717) is 0 Å². The molecular formula is C18H20O6. The van der Waals surface area contributed by atoms with Crippen molar-refractivity contribution in [2.75, 3.05) is 0 Å². The highest BCUT2D eigenvalue weighted by molar-refractivity contribution is 5.53. The third-order valence-electron chi connectivity index (χ3n) is 3.73. The lowest BCUT2D eigenvalue weighted by Gasteiger charge is -2.37. The minimum atomic E-state index is -1.83. The highest BCUT2D eigenvalue weighted by Gasteiger charge is 2.32. The van der Waals surface area contributed by atoms with Gasteiger partial charge in [-0.2, -0.15) is 0 Å². The fourth-order valence-corrected chi connectivity index (χ4v) is 2.70. The van der Waals surface area contributed by atoms with Gasteiger partial charge in [-0.15, -0.1) is 0 Å². The van der Waals surface area contributed by atoms with E-state index in [1.165, 1.54) is 24.0 Å². The second-order valence-electron chi connectivity index (χ2n) is 5.18. The predicted molar refractivity (Wildman–Crippen MR) is 88.9 cm³/mol. The summed E-state index contributed by atoms with van der Waals surface area (Å²) in [6.45, 7) is 0. The lowest BCUT2D eigenvalue weighted by Crippen LogP contribution is -2.21. The summed E-state index contributed by atoms with van der Waals surface area (Å²) in [6.07, 6.45) is -0.993. The molecule has 1 saturated carbocycles. The topological polar surface area (TPSA) is 115 Å². The van der Waals surface area contributed by atoms with Crippen LogP contribution in [0.5, 0.6) is 0 Å². The first-order valence-electron chi connectivity index (χ1n) is 7.35. The average molecular weight is 332 g/mol. The van der Waals surface area contributed by atoms with Crippen LogP contribution in [0, 0.1) is 0 Å². The highest BCUT2D eigenvalue weighted by atomic mass is 16.6. The number of carbonyl (C=O) groups is 2. The molecule has 128 valence electrons. The van der Waals surface area contributed by atoms with Crippen LogP contribution in [0.4, 0.5) is 9.59 Å². The molecule has 0 radical (unpaired) electrons. The molecule has 1 aliphatic rings. The molecule has 0 heterocycles. The Morgan fingerprint density at radius 2 is 0.875 bits per heavy atom. The Morgan fingerprint density at radius 3 is 1.08 bits per heavy atom. The Kier molecular flexibility index (Phi) is 7.84. The van der Waals surface area contributed by atoms with Gasteiger partial charge in [0.05, 0.1) is 0 Å². The van der Waals surface area contributed by atoms with Crippen molar-refractivity contribution in [3.05, 3.63) is 71.8 Å². The molecule has 3 rings (SSSR count). The molecule has 1 fully saturated rings. The Hall–Kier alpha value is -3.02. The van der Waals surface area contributed by atoms with Crippen LogP contribution >= 0.6 is 0 Å². The SMILES string of the molecule is O=C(O)O.O=C(O)O.c1ccc(C2CCC2c2ccccc2)cc1. The van der Waals surface area contributed by atoms with Gasteiger partial charge in [0.15, 0.2) is 0 Å². The van der Waals surface area contributed by atoms with E-state index in [2.05, 4.69) is 60.7 Å². The first-order chi connectivity index (χ1) is 11.4. The Balaban J connectivity index is 0.000000306. The summed E-state index contributed by atoms with van der Waals surface area (Å²) in [5.74, 6) is 1.48. The summed E-state index contributed by atoms with van der Waals surface area (Å²) in [6, 6.07) is 21.8. The summed E-state index contributed by atoms with van der Waals surface area (Å²) in [4.78, 5) is 17.1. The molecule has 0 bridgehead atoms. The Bertz CT molecular complexity index is 561. The van der Waals surface area contributed by atoms with E-state index in [-0.39, 0.29) is 0 Å². The molecule has 0 saturated heterocycles. The molecule has 0 spiro atoms. The van der Waals surface area contributed by atoms with Gasteiger partial charge in [0.1, 0.15) is 0 Å². The predicted octanol–water partition coefficient (Wildman–Crippen LogP) is 4.79. The number of carboxylic acid groups (broad SMARTS) is 4. The van der Waals surface area contributed by atoms with Crippen LogP contribution in [0.25, 0.3) is 0 Å². The minimum Gasteiger partial charge on any atom is -0.450 e. The average Bonchev–Trinajstić information content (AvgIpc) is 2.47. The number of hydrogen-bond acceptors (Lipinski definition) is 2. The number of rotatable bonds is 2. The van der Waals surface area contributed by atoms with E-state index in [1.54, 1.807) is 0 Å². The van der Waals surface area contributed by atoms with E-state index < -0.39 is 12.3 Å². The molecule has 2 aromatic carbocycles. The zero-order valence-corrected chi connectivity index (χ0v) is 12.9. The van der Waals surface area contributed by atoms with Crippen molar-refractivity contribution in [3.63, 3.8) is 0 Å². The molecule has 0 aromatic heterocycles. The van der Waals surface area contributed by atoms with Crippen molar-refractivity contribution < 1.29 is 30.0 Å². The normalized spacial score (nSPS) is 17.8. The highest BCUT2D eigenvalue weighted by Crippen LogP contribution is 2.48. The molecule has 24 heavy (non-hydrogen) atoms. The van der Waals surface area contributed by atoms with Gasteiger partial charge < -0.3 is 20.4 Å². The molecule has 6 heteroatoms. The van der Waals surface area contributed by atoms with E-state index in [4.69, 9.17) is 30.0 Å². The van der Waals surface area contributed by atoms with Gasteiger partial charge in [-0.1, -0.05) is 60.7 Å². The zero-order valence-electron chi connectivity index (χ0n) is 12.9. The van der Waals surface area contributed by atoms with Gasteiger partial charge >= 0.3 is 12.3 Å². The van der Waals surface area contributed by atoms with E-state index in [0.717, 1.165) is 11.8 Å². The maximum Gasteiger partial charge on any atom is 0.503 e. The van der Waals surface area contributed by atoms with E-state index in [9.17, 15) is 0 Å². The molecule has 0 aliphatic heterocycles. The second-order valence-corrected chi connectivity index (χ2v) is 5.18. The maximum absolute atomic E-state index is 8.56. The summed E-state index contributed by atoms with van der Waals surface area (Å²) in [5, 5.41) is 27.9. The second kappa shape index (κ2) is 9.89.